The number of rotatable bonds is 5. The lowest BCUT2D eigenvalue weighted by molar-refractivity contribution is -0.180. The van der Waals surface area contributed by atoms with Gasteiger partial charge in [-0.05, 0) is 46.0 Å². The van der Waals surface area contributed by atoms with Crippen LogP contribution in [0.5, 0.6) is 0 Å². The summed E-state index contributed by atoms with van der Waals surface area (Å²) in [6.45, 7) is 4.01. The van der Waals surface area contributed by atoms with Gasteiger partial charge in [-0.2, -0.15) is 13.2 Å². The molecule has 28 heavy (non-hydrogen) atoms. The third-order valence-corrected chi connectivity index (χ3v) is 5.08. The first-order valence-electron chi connectivity index (χ1n) is 9.02. The van der Waals surface area contributed by atoms with Gasteiger partial charge in [-0.1, -0.05) is 24.3 Å². The molecule has 9 heteroatoms. The molecule has 0 bridgehead atoms. The number of amides is 2. The average molecular weight is 400 g/mol. The van der Waals surface area contributed by atoms with Gasteiger partial charge in [0.2, 0.25) is 11.8 Å². The highest BCUT2D eigenvalue weighted by molar-refractivity contribution is 5.89. The van der Waals surface area contributed by atoms with Gasteiger partial charge in [-0.25, -0.2) is 0 Å². The maximum absolute atomic E-state index is 13.2. The fourth-order valence-electron chi connectivity index (χ4n) is 2.88. The summed E-state index contributed by atoms with van der Waals surface area (Å²) in [7, 11) is 3.54. The normalized spacial score (nSPS) is 22.0. The number of benzene rings is 1. The highest BCUT2D eigenvalue weighted by Crippen LogP contribution is 2.40. The second-order valence-electron chi connectivity index (χ2n) is 7.83. The molecule has 1 aliphatic heterocycles. The molecule has 1 aromatic rings. The first-order chi connectivity index (χ1) is 12.8. The van der Waals surface area contributed by atoms with E-state index in [-0.39, 0.29) is 23.8 Å². The molecule has 1 heterocycles. The molecule has 1 aromatic carbocycles. The fourth-order valence-corrected chi connectivity index (χ4v) is 2.88. The third kappa shape index (κ3) is 4.82. The van der Waals surface area contributed by atoms with Crippen molar-refractivity contribution in [1.82, 2.24) is 20.9 Å². The standard InChI is InChI=1S/C19H27F3N4O2/c1-11(12-6-8-13(9-7-12)18(2,3)19(20,21)22)23-16(28)14-10-15(27)25-17(24-14)26(4)5/h6-9,11,14,17,24H,10H2,1-5H3,(H,23,28)(H,25,27). The number of hydrogen-bond donors (Lipinski definition) is 3. The van der Waals surface area contributed by atoms with Crippen molar-refractivity contribution in [3.8, 4) is 0 Å². The van der Waals surface area contributed by atoms with Crippen LogP contribution in [-0.2, 0) is 15.0 Å². The van der Waals surface area contributed by atoms with Crippen molar-refractivity contribution in [3.63, 3.8) is 0 Å². The van der Waals surface area contributed by atoms with Crippen LogP contribution in [-0.4, -0.2) is 49.3 Å². The van der Waals surface area contributed by atoms with Crippen molar-refractivity contribution in [1.29, 1.82) is 0 Å². The predicted octanol–water partition coefficient (Wildman–Crippen LogP) is 2.03. The molecule has 156 valence electrons. The van der Waals surface area contributed by atoms with E-state index in [2.05, 4.69) is 16.0 Å². The van der Waals surface area contributed by atoms with Crippen LogP contribution >= 0.6 is 0 Å². The number of carbonyl (C=O) groups excluding carboxylic acids is 2. The topological polar surface area (TPSA) is 73.5 Å². The number of carbonyl (C=O) groups is 2. The van der Waals surface area contributed by atoms with Crippen LogP contribution in [0.3, 0.4) is 0 Å². The van der Waals surface area contributed by atoms with Crippen LogP contribution in [0.25, 0.3) is 0 Å². The molecule has 0 radical (unpaired) electrons. The van der Waals surface area contributed by atoms with E-state index in [0.29, 0.717) is 5.56 Å². The van der Waals surface area contributed by atoms with Crippen LogP contribution in [0.15, 0.2) is 24.3 Å². The van der Waals surface area contributed by atoms with E-state index in [9.17, 15) is 22.8 Å². The van der Waals surface area contributed by atoms with Crippen molar-refractivity contribution in [3.05, 3.63) is 35.4 Å². The molecule has 1 aliphatic rings. The summed E-state index contributed by atoms with van der Waals surface area (Å²) in [4.78, 5) is 26.1. The van der Waals surface area contributed by atoms with Gasteiger partial charge in [0.15, 0.2) is 0 Å². The molecule has 3 atom stereocenters. The van der Waals surface area contributed by atoms with Gasteiger partial charge in [0, 0.05) is 0 Å². The molecular weight excluding hydrogens is 373 g/mol. The smallest absolute Gasteiger partial charge is 0.348 e. The molecule has 2 amide bonds. The Morgan fingerprint density at radius 2 is 1.79 bits per heavy atom. The minimum atomic E-state index is -4.36. The monoisotopic (exact) mass is 400 g/mol. The third-order valence-electron chi connectivity index (χ3n) is 5.08. The molecule has 0 aromatic heterocycles. The number of alkyl halides is 3. The Labute approximate surface area is 162 Å². The van der Waals surface area contributed by atoms with Crippen molar-refractivity contribution in [2.45, 2.75) is 57.2 Å². The maximum Gasteiger partial charge on any atom is 0.397 e. The van der Waals surface area contributed by atoms with E-state index >= 15 is 0 Å². The SMILES string of the molecule is CC(NC(=O)C1CC(=O)NC(N(C)C)N1)c1ccc(C(C)(C)C(F)(F)F)cc1. The highest BCUT2D eigenvalue weighted by atomic mass is 19.4. The van der Waals surface area contributed by atoms with Gasteiger partial charge < -0.3 is 10.6 Å². The zero-order valence-electron chi connectivity index (χ0n) is 16.6. The summed E-state index contributed by atoms with van der Waals surface area (Å²) in [5.41, 5.74) is -1.13. The predicted molar refractivity (Wildman–Crippen MR) is 99.2 cm³/mol. The summed E-state index contributed by atoms with van der Waals surface area (Å²) in [5.74, 6) is -0.571. The van der Waals surface area contributed by atoms with Crippen molar-refractivity contribution in [2.24, 2.45) is 0 Å². The lowest BCUT2D eigenvalue weighted by atomic mass is 9.83. The first kappa shape index (κ1) is 22.2. The lowest BCUT2D eigenvalue weighted by Crippen LogP contribution is -2.65. The van der Waals surface area contributed by atoms with Gasteiger partial charge in [-0.3, -0.25) is 19.8 Å². The van der Waals surface area contributed by atoms with Crippen LogP contribution < -0.4 is 16.0 Å². The van der Waals surface area contributed by atoms with Crippen molar-refractivity contribution < 1.29 is 22.8 Å². The molecule has 0 aliphatic carbocycles. The fraction of sp³-hybridized carbons (Fsp3) is 0.579. The maximum atomic E-state index is 13.2. The Morgan fingerprint density at radius 1 is 1.21 bits per heavy atom. The summed E-state index contributed by atoms with van der Waals surface area (Å²) in [5, 5.41) is 8.58. The Hall–Kier alpha value is -2.13. The number of nitrogens with zero attached hydrogens (tertiary/aromatic N) is 1. The minimum absolute atomic E-state index is 0.0155. The lowest BCUT2D eigenvalue weighted by Gasteiger charge is -2.35. The van der Waals surface area contributed by atoms with E-state index in [1.807, 2.05) is 0 Å². The van der Waals surface area contributed by atoms with E-state index < -0.39 is 30.0 Å². The average Bonchev–Trinajstić information content (AvgIpc) is 2.60. The highest BCUT2D eigenvalue weighted by Gasteiger charge is 2.48. The van der Waals surface area contributed by atoms with Gasteiger partial charge in [0.05, 0.1) is 23.9 Å². The number of halogens is 3. The first-order valence-corrected chi connectivity index (χ1v) is 9.02. The molecule has 2 rings (SSSR count). The molecule has 3 unspecified atom stereocenters. The molecule has 1 saturated heterocycles. The Bertz CT molecular complexity index is 717. The van der Waals surface area contributed by atoms with Crippen LogP contribution in [0.4, 0.5) is 13.2 Å². The van der Waals surface area contributed by atoms with Crippen LogP contribution in [0.1, 0.15) is 44.4 Å². The van der Waals surface area contributed by atoms with Crippen molar-refractivity contribution >= 4 is 11.8 Å². The number of nitrogens with one attached hydrogen (secondary N) is 3. The largest absolute Gasteiger partial charge is 0.397 e. The second-order valence-corrected chi connectivity index (χ2v) is 7.83. The zero-order valence-corrected chi connectivity index (χ0v) is 16.6. The Kier molecular flexibility index (Phi) is 6.40. The summed E-state index contributed by atoms with van der Waals surface area (Å²) in [6.07, 6.45) is -4.79. The number of hydrogen-bond acceptors (Lipinski definition) is 4. The van der Waals surface area contributed by atoms with Gasteiger partial charge in [0.1, 0.15) is 6.29 Å². The molecular formula is C19H27F3N4O2. The molecule has 6 nitrogen and oxygen atoms in total. The van der Waals surface area contributed by atoms with Gasteiger partial charge in [-0.15, -0.1) is 0 Å². The van der Waals surface area contributed by atoms with Crippen molar-refractivity contribution in [2.75, 3.05) is 14.1 Å². The van der Waals surface area contributed by atoms with E-state index in [1.54, 1.807) is 38.1 Å². The quantitative estimate of drug-likeness (QED) is 0.707. The van der Waals surface area contributed by atoms with E-state index in [0.717, 1.165) is 13.8 Å². The second kappa shape index (κ2) is 8.08. The summed E-state index contributed by atoms with van der Waals surface area (Å²) < 4.78 is 39.5. The summed E-state index contributed by atoms with van der Waals surface area (Å²) >= 11 is 0. The van der Waals surface area contributed by atoms with E-state index in [4.69, 9.17) is 0 Å². The Balaban J connectivity index is 2.05. The van der Waals surface area contributed by atoms with Gasteiger partial charge >= 0.3 is 6.18 Å². The van der Waals surface area contributed by atoms with Gasteiger partial charge in [0.25, 0.3) is 0 Å². The molecule has 3 N–H and O–H groups in total. The zero-order chi connectivity index (χ0) is 21.3. The van der Waals surface area contributed by atoms with Crippen LogP contribution in [0.2, 0.25) is 0 Å². The van der Waals surface area contributed by atoms with E-state index in [1.165, 1.54) is 12.1 Å². The summed E-state index contributed by atoms with van der Waals surface area (Å²) in [6, 6.07) is 4.92. The molecule has 1 fully saturated rings. The molecule has 0 saturated carbocycles. The minimum Gasteiger partial charge on any atom is -0.348 e. The van der Waals surface area contributed by atoms with Crippen LogP contribution in [0, 0.1) is 0 Å². The molecule has 0 spiro atoms. The Morgan fingerprint density at radius 3 is 2.29 bits per heavy atom.